The number of anilines is 1. The number of piperazine rings is 1. The van der Waals surface area contributed by atoms with E-state index >= 15 is 0 Å². The molecule has 0 spiro atoms. The molecule has 2 aromatic rings. The van der Waals surface area contributed by atoms with Crippen molar-refractivity contribution in [2.75, 3.05) is 30.8 Å². The lowest BCUT2D eigenvalue weighted by molar-refractivity contribution is 0.0218. The molecule has 0 bridgehead atoms. The summed E-state index contributed by atoms with van der Waals surface area (Å²) >= 11 is 1.51. The van der Waals surface area contributed by atoms with Crippen molar-refractivity contribution in [1.29, 1.82) is 0 Å². The summed E-state index contributed by atoms with van der Waals surface area (Å²) in [6.07, 6.45) is 1.69. The third-order valence-corrected chi connectivity index (χ3v) is 4.67. The Bertz CT molecular complexity index is 815. The van der Waals surface area contributed by atoms with Gasteiger partial charge < -0.3 is 14.5 Å². The second-order valence-electron chi connectivity index (χ2n) is 7.53. The van der Waals surface area contributed by atoms with Crippen molar-refractivity contribution in [2.24, 2.45) is 0 Å². The van der Waals surface area contributed by atoms with Gasteiger partial charge in [0.1, 0.15) is 5.60 Å². The molecule has 142 valence electrons. The predicted molar refractivity (Wildman–Crippen MR) is 102 cm³/mol. The van der Waals surface area contributed by atoms with Gasteiger partial charge in [-0.3, -0.25) is 0 Å². The lowest BCUT2D eigenvalue weighted by atomic mass is 10.2. The quantitative estimate of drug-likeness (QED) is 0.744. The van der Waals surface area contributed by atoms with Gasteiger partial charge in [-0.15, -0.1) is 0 Å². The standard InChI is InChI=1S/C17H26N6O2S/c1-11-9-13-18-14(26-6)19-15(23(13)20-11)22-8-7-21(10-12(22)2)16(24)25-17(3,4)5/h9,12H,7-8,10H2,1-6H3/t12-/m0/s1. The highest BCUT2D eigenvalue weighted by Gasteiger charge is 2.32. The molecule has 9 heteroatoms. The van der Waals surface area contributed by atoms with E-state index in [4.69, 9.17) is 4.74 Å². The van der Waals surface area contributed by atoms with Crippen molar-refractivity contribution in [3.05, 3.63) is 11.8 Å². The van der Waals surface area contributed by atoms with Crippen molar-refractivity contribution >= 4 is 29.5 Å². The van der Waals surface area contributed by atoms with Gasteiger partial charge in [-0.05, 0) is 40.9 Å². The van der Waals surface area contributed by atoms with Crippen molar-refractivity contribution in [3.63, 3.8) is 0 Å². The molecule has 0 N–H and O–H groups in total. The van der Waals surface area contributed by atoms with Crippen LogP contribution >= 0.6 is 11.8 Å². The average Bonchev–Trinajstić information content (AvgIpc) is 2.92. The van der Waals surface area contributed by atoms with Crippen molar-refractivity contribution in [1.82, 2.24) is 24.5 Å². The van der Waals surface area contributed by atoms with E-state index in [0.717, 1.165) is 17.3 Å². The van der Waals surface area contributed by atoms with Gasteiger partial charge in [-0.1, -0.05) is 11.8 Å². The molecule has 0 unspecified atom stereocenters. The first-order valence-corrected chi connectivity index (χ1v) is 9.93. The maximum Gasteiger partial charge on any atom is 0.410 e. The zero-order valence-corrected chi connectivity index (χ0v) is 17.0. The van der Waals surface area contributed by atoms with Gasteiger partial charge in [0.15, 0.2) is 10.8 Å². The Morgan fingerprint density at radius 2 is 2.04 bits per heavy atom. The van der Waals surface area contributed by atoms with Gasteiger partial charge in [0, 0.05) is 31.7 Å². The molecule has 1 saturated heterocycles. The molecule has 8 nitrogen and oxygen atoms in total. The minimum absolute atomic E-state index is 0.0913. The van der Waals surface area contributed by atoms with Crippen molar-refractivity contribution in [3.8, 4) is 0 Å². The van der Waals surface area contributed by atoms with Gasteiger partial charge in [0.05, 0.1) is 5.69 Å². The van der Waals surface area contributed by atoms with Crippen molar-refractivity contribution < 1.29 is 9.53 Å². The normalized spacial score (nSPS) is 18.5. The monoisotopic (exact) mass is 378 g/mol. The fraction of sp³-hybridized carbons (Fsp3) is 0.647. The van der Waals surface area contributed by atoms with E-state index in [9.17, 15) is 4.79 Å². The predicted octanol–water partition coefficient (Wildman–Crippen LogP) is 2.60. The third-order valence-electron chi connectivity index (χ3n) is 4.13. The first kappa shape index (κ1) is 18.8. The number of carbonyl (C=O) groups is 1. The molecule has 1 aliphatic rings. The molecule has 26 heavy (non-hydrogen) atoms. The average molecular weight is 379 g/mol. The maximum atomic E-state index is 12.4. The Morgan fingerprint density at radius 3 is 2.65 bits per heavy atom. The Labute approximate surface area is 157 Å². The number of ether oxygens (including phenoxy) is 1. The highest BCUT2D eigenvalue weighted by Crippen LogP contribution is 2.23. The minimum atomic E-state index is -0.490. The second kappa shape index (κ2) is 6.94. The van der Waals surface area contributed by atoms with E-state index in [1.807, 2.05) is 40.0 Å². The first-order valence-electron chi connectivity index (χ1n) is 8.71. The van der Waals surface area contributed by atoms with E-state index in [0.29, 0.717) is 24.8 Å². The van der Waals surface area contributed by atoms with Crippen LogP contribution in [0.25, 0.3) is 5.65 Å². The van der Waals surface area contributed by atoms with E-state index in [2.05, 4.69) is 26.9 Å². The van der Waals surface area contributed by atoms with Gasteiger partial charge in [0.25, 0.3) is 0 Å². The molecule has 1 amide bonds. The molecule has 0 saturated carbocycles. The number of aryl methyl sites for hydroxylation is 1. The summed E-state index contributed by atoms with van der Waals surface area (Å²) in [5.74, 6) is 0.767. The van der Waals surface area contributed by atoms with Gasteiger partial charge in [0.2, 0.25) is 5.95 Å². The molecule has 1 fully saturated rings. The topological polar surface area (TPSA) is 75.9 Å². The van der Waals surface area contributed by atoms with Gasteiger partial charge >= 0.3 is 6.09 Å². The van der Waals surface area contributed by atoms with Crippen LogP contribution < -0.4 is 4.90 Å². The fourth-order valence-corrected chi connectivity index (χ4v) is 3.35. The summed E-state index contributed by atoms with van der Waals surface area (Å²) in [4.78, 5) is 25.5. The number of amides is 1. The SMILES string of the molecule is CSc1nc(N2CCN(C(=O)OC(C)(C)C)C[C@@H]2C)n2nc(C)cc2n1. The summed E-state index contributed by atoms with van der Waals surface area (Å²) in [6, 6.07) is 2.04. The van der Waals surface area contributed by atoms with Crippen LogP contribution in [0.1, 0.15) is 33.4 Å². The van der Waals surface area contributed by atoms with Gasteiger partial charge in [-0.2, -0.15) is 14.6 Å². The summed E-state index contributed by atoms with van der Waals surface area (Å²) in [5.41, 5.74) is 1.20. The molecule has 0 aliphatic carbocycles. The first-order chi connectivity index (χ1) is 12.2. The largest absolute Gasteiger partial charge is 0.444 e. The molecule has 2 aromatic heterocycles. The number of carbonyl (C=O) groups excluding carboxylic acids is 1. The summed E-state index contributed by atoms with van der Waals surface area (Å²) < 4.78 is 7.28. The molecular weight excluding hydrogens is 352 g/mol. The number of fused-ring (bicyclic) bond motifs is 1. The van der Waals surface area contributed by atoms with E-state index in [-0.39, 0.29) is 12.1 Å². The van der Waals surface area contributed by atoms with Crippen LogP contribution in [0.4, 0.5) is 10.7 Å². The molecule has 1 atom stereocenters. The van der Waals surface area contributed by atoms with Gasteiger partial charge in [-0.25, -0.2) is 9.78 Å². The zero-order valence-electron chi connectivity index (χ0n) is 16.2. The van der Waals surface area contributed by atoms with Crippen LogP contribution in [0, 0.1) is 6.92 Å². The van der Waals surface area contributed by atoms with Crippen molar-refractivity contribution in [2.45, 2.75) is 51.4 Å². The molecule has 1 aliphatic heterocycles. The lowest BCUT2D eigenvalue weighted by Crippen LogP contribution is -2.55. The Morgan fingerprint density at radius 1 is 1.31 bits per heavy atom. The Balaban J connectivity index is 1.84. The molecule has 0 radical (unpaired) electrons. The van der Waals surface area contributed by atoms with Crippen LogP contribution in [0.2, 0.25) is 0 Å². The molecule has 3 heterocycles. The van der Waals surface area contributed by atoms with E-state index in [1.54, 1.807) is 9.42 Å². The van der Waals surface area contributed by atoms with Crippen LogP contribution in [-0.2, 0) is 4.74 Å². The van der Waals surface area contributed by atoms with E-state index in [1.165, 1.54) is 11.8 Å². The second-order valence-corrected chi connectivity index (χ2v) is 8.31. The Kier molecular flexibility index (Phi) is 5.01. The highest BCUT2D eigenvalue weighted by molar-refractivity contribution is 7.98. The number of hydrogen-bond acceptors (Lipinski definition) is 7. The summed E-state index contributed by atoms with van der Waals surface area (Å²) in [6.45, 7) is 11.5. The highest BCUT2D eigenvalue weighted by atomic mass is 32.2. The smallest absolute Gasteiger partial charge is 0.410 e. The fourth-order valence-electron chi connectivity index (χ4n) is 2.99. The van der Waals surface area contributed by atoms with Crippen LogP contribution in [0.3, 0.4) is 0 Å². The van der Waals surface area contributed by atoms with Crippen LogP contribution in [-0.4, -0.2) is 68.1 Å². The molecule has 3 rings (SSSR count). The van der Waals surface area contributed by atoms with Crippen LogP contribution in [0.5, 0.6) is 0 Å². The lowest BCUT2D eigenvalue weighted by Gasteiger charge is -2.40. The zero-order chi connectivity index (χ0) is 19.1. The summed E-state index contributed by atoms with van der Waals surface area (Å²) in [5, 5.41) is 5.25. The molecular formula is C17H26N6O2S. The van der Waals surface area contributed by atoms with Crippen LogP contribution in [0.15, 0.2) is 11.2 Å². The maximum absolute atomic E-state index is 12.4. The number of hydrogen-bond donors (Lipinski definition) is 0. The Hall–Kier alpha value is -2.03. The van der Waals surface area contributed by atoms with E-state index < -0.39 is 5.60 Å². The number of nitrogens with zero attached hydrogens (tertiary/aromatic N) is 6. The summed E-state index contributed by atoms with van der Waals surface area (Å²) in [7, 11) is 0. The third kappa shape index (κ3) is 3.87. The molecule has 0 aromatic carbocycles. The number of rotatable bonds is 2. The minimum Gasteiger partial charge on any atom is -0.444 e. The number of aromatic nitrogens is 4. The number of thioether (sulfide) groups is 1.